The van der Waals surface area contributed by atoms with Gasteiger partial charge in [0.1, 0.15) is 6.10 Å². The Morgan fingerprint density at radius 2 is 2.00 bits per heavy atom. The van der Waals surface area contributed by atoms with Crippen LogP contribution in [0, 0.1) is 16.7 Å². The molecule has 4 atom stereocenters. The molecule has 2 aliphatic carbocycles. The molecule has 3 aliphatic rings. The molecule has 0 unspecified atom stereocenters. The van der Waals surface area contributed by atoms with E-state index in [9.17, 15) is 13.5 Å². The van der Waals surface area contributed by atoms with Gasteiger partial charge in [0.25, 0.3) is 0 Å². The molecule has 1 heterocycles. The summed E-state index contributed by atoms with van der Waals surface area (Å²) in [5.74, 6) is -0.438. The molecule has 7 heteroatoms. The minimum absolute atomic E-state index is 0.0364. The van der Waals surface area contributed by atoms with Crippen LogP contribution in [0.5, 0.6) is 0 Å². The topological polar surface area (TPSA) is 76.1 Å². The maximum Gasteiger partial charge on any atom is 0.214 e. The smallest absolute Gasteiger partial charge is 0.214 e. The number of rotatable bonds is 4. The van der Waals surface area contributed by atoms with Gasteiger partial charge in [0.2, 0.25) is 10.0 Å². The molecule has 22 heavy (non-hydrogen) atoms. The van der Waals surface area contributed by atoms with Gasteiger partial charge in [-0.2, -0.15) is 0 Å². The van der Waals surface area contributed by atoms with E-state index in [1.807, 2.05) is 0 Å². The third kappa shape index (κ3) is 1.95. The lowest BCUT2D eigenvalue weighted by atomic mass is 9.68. The first-order chi connectivity index (χ1) is 10.1. The molecule has 2 bridgehead atoms. The number of fused-ring (bicyclic) bond motifs is 3. The fourth-order valence-electron chi connectivity index (χ4n) is 4.87. The van der Waals surface area contributed by atoms with Crippen molar-refractivity contribution in [2.75, 3.05) is 33.1 Å². The third-order valence-corrected chi connectivity index (χ3v) is 8.44. The average Bonchev–Trinajstić information content (AvgIpc) is 2.99. The van der Waals surface area contributed by atoms with Gasteiger partial charge in [0, 0.05) is 25.9 Å². The summed E-state index contributed by atoms with van der Waals surface area (Å²) in [5.41, 5.74) is -0.724. The van der Waals surface area contributed by atoms with E-state index < -0.39 is 21.2 Å². The quantitative estimate of drug-likeness (QED) is 0.824. The van der Waals surface area contributed by atoms with Crippen LogP contribution in [0.4, 0.5) is 0 Å². The van der Waals surface area contributed by atoms with Crippen molar-refractivity contribution in [3.63, 3.8) is 0 Å². The molecule has 2 saturated carbocycles. The van der Waals surface area contributed by atoms with Gasteiger partial charge in [-0.25, -0.2) is 12.7 Å². The SMILES string of the molecule is CN(C)S(=O)(=O)C[C@@]12CC[C@@H](C[C@]13OC[C@H](CO)O3)C2(C)C. The van der Waals surface area contributed by atoms with E-state index in [1.165, 1.54) is 4.31 Å². The maximum atomic E-state index is 12.6. The zero-order chi connectivity index (χ0) is 16.4. The number of aliphatic hydroxyl groups excluding tert-OH is 1. The van der Waals surface area contributed by atoms with Crippen molar-refractivity contribution in [2.45, 2.75) is 45.0 Å². The van der Waals surface area contributed by atoms with Gasteiger partial charge >= 0.3 is 0 Å². The van der Waals surface area contributed by atoms with E-state index in [4.69, 9.17) is 9.47 Å². The predicted octanol–water partition coefficient (Wildman–Crippen LogP) is 0.808. The Balaban J connectivity index is 2.03. The standard InChI is InChI=1S/C15H27NO5S/c1-13(2)11-5-6-14(13,10-22(18,19)16(3)4)15(7-11)20-9-12(8-17)21-15/h11-12,17H,5-10H2,1-4H3/t11-,12-,14+,15+/m0/s1. The summed E-state index contributed by atoms with van der Waals surface area (Å²) in [6.45, 7) is 4.53. The van der Waals surface area contributed by atoms with Crippen molar-refractivity contribution in [1.82, 2.24) is 4.31 Å². The van der Waals surface area contributed by atoms with Gasteiger partial charge < -0.3 is 14.6 Å². The van der Waals surface area contributed by atoms with Crippen LogP contribution in [-0.2, 0) is 19.5 Å². The van der Waals surface area contributed by atoms with Gasteiger partial charge in [-0.1, -0.05) is 13.8 Å². The molecule has 0 aromatic rings. The van der Waals surface area contributed by atoms with Gasteiger partial charge in [0.05, 0.1) is 19.0 Å². The first-order valence-electron chi connectivity index (χ1n) is 7.93. The summed E-state index contributed by atoms with van der Waals surface area (Å²) in [4.78, 5) is 0. The highest BCUT2D eigenvalue weighted by atomic mass is 32.2. The lowest BCUT2D eigenvalue weighted by Crippen LogP contribution is -2.55. The van der Waals surface area contributed by atoms with Crippen molar-refractivity contribution < 1.29 is 23.0 Å². The summed E-state index contributed by atoms with van der Waals surface area (Å²) in [7, 11) is -0.235. The van der Waals surface area contributed by atoms with Crippen LogP contribution in [0.2, 0.25) is 0 Å². The number of aliphatic hydroxyl groups is 1. The summed E-state index contributed by atoms with van der Waals surface area (Å²) < 4.78 is 38.7. The zero-order valence-electron chi connectivity index (χ0n) is 13.8. The number of hydrogen-bond donors (Lipinski definition) is 1. The molecule has 0 radical (unpaired) electrons. The second kappa shape index (κ2) is 4.89. The molecule has 3 rings (SSSR count). The largest absolute Gasteiger partial charge is 0.394 e. The normalized spacial score (nSPS) is 43.5. The molecule has 3 fully saturated rings. The Bertz CT molecular complexity index is 560. The summed E-state index contributed by atoms with van der Waals surface area (Å²) in [6.07, 6.45) is 2.16. The highest BCUT2D eigenvalue weighted by Crippen LogP contribution is 2.72. The van der Waals surface area contributed by atoms with E-state index in [-0.39, 0.29) is 23.9 Å². The summed E-state index contributed by atoms with van der Waals surface area (Å²) >= 11 is 0. The van der Waals surface area contributed by atoms with E-state index in [1.54, 1.807) is 14.1 Å². The molecule has 1 N–H and O–H groups in total. The average molecular weight is 333 g/mol. The summed E-state index contributed by atoms with van der Waals surface area (Å²) in [6, 6.07) is 0. The molecule has 0 aromatic carbocycles. The molecular weight excluding hydrogens is 306 g/mol. The number of sulfonamides is 1. The second-order valence-corrected chi connectivity index (χ2v) is 9.95. The fourth-order valence-corrected chi connectivity index (χ4v) is 6.49. The van der Waals surface area contributed by atoms with Gasteiger partial charge in [-0.3, -0.25) is 0 Å². The van der Waals surface area contributed by atoms with Crippen LogP contribution in [0.15, 0.2) is 0 Å². The van der Waals surface area contributed by atoms with Crippen molar-refractivity contribution in [1.29, 1.82) is 0 Å². The predicted molar refractivity (Wildman–Crippen MR) is 81.7 cm³/mol. The molecule has 0 amide bonds. The molecular formula is C15H27NO5S. The van der Waals surface area contributed by atoms with Crippen molar-refractivity contribution in [3.05, 3.63) is 0 Å². The van der Waals surface area contributed by atoms with Crippen LogP contribution >= 0.6 is 0 Å². The Labute approximate surface area is 132 Å². The first kappa shape index (κ1) is 16.6. The first-order valence-corrected chi connectivity index (χ1v) is 9.54. The zero-order valence-corrected chi connectivity index (χ0v) is 14.6. The number of hydrogen-bond acceptors (Lipinski definition) is 5. The van der Waals surface area contributed by atoms with E-state index in [0.717, 1.165) is 19.3 Å². The van der Waals surface area contributed by atoms with Gasteiger partial charge in [0.15, 0.2) is 5.79 Å². The monoisotopic (exact) mass is 333 g/mol. The Hall–Kier alpha value is -0.210. The van der Waals surface area contributed by atoms with Crippen LogP contribution in [0.3, 0.4) is 0 Å². The van der Waals surface area contributed by atoms with Gasteiger partial charge in [-0.15, -0.1) is 0 Å². The highest BCUT2D eigenvalue weighted by molar-refractivity contribution is 7.89. The summed E-state index contributed by atoms with van der Waals surface area (Å²) in [5, 5.41) is 9.38. The number of ether oxygens (including phenoxy) is 2. The molecule has 0 aromatic heterocycles. The minimum atomic E-state index is -3.37. The third-order valence-electron chi connectivity index (χ3n) is 6.47. The Morgan fingerprint density at radius 1 is 1.32 bits per heavy atom. The lowest BCUT2D eigenvalue weighted by Gasteiger charge is -2.47. The minimum Gasteiger partial charge on any atom is -0.394 e. The van der Waals surface area contributed by atoms with Crippen LogP contribution in [0.25, 0.3) is 0 Å². The molecule has 1 spiro atoms. The van der Waals surface area contributed by atoms with Crippen molar-refractivity contribution in [3.8, 4) is 0 Å². The second-order valence-electron chi connectivity index (χ2n) is 7.77. The highest BCUT2D eigenvalue weighted by Gasteiger charge is 2.75. The van der Waals surface area contributed by atoms with Gasteiger partial charge in [-0.05, 0) is 24.2 Å². The van der Waals surface area contributed by atoms with Crippen LogP contribution in [-0.4, -0.2) is 62.8 Å². The van der Waals surface area contributed by atoms with E-state index in [2.05, 4.69) is 13.8 Å². The number of nitrogens with zero attached hydrogens (tertiary/aromatic N) is 1. The Kier molecular flexibility index (Phi) is 3.70. The van der Waals surface area contributed by atoms with Crippen LogP contribution < -0.4 is 0 Å². The fraction of sp³-hybridized carbons (Fsp3) is 1.00. The Morgan fingerprint density at radius 3 is 2.50 bits per heavy atom. The molecule has 6 nitrogen and oxygen atoms in total. The lowest BCUT2D eigenvalue weighted by molar-refractivity contribution is -0.245. The van der Waals surface area contributed by atoms with Crippen molar-refractivity contribution in [2.24, 2.45) is 16.7 Å². The van der Waals surface area contributed by atoms with E-state index in [0.29, 0.717) is 12.5 Å². The molecule has 128 valence electrons. The molecule has 1 saturated heterocycles. The van der Waals surface area contributed by atoms with E-state index >= 15 is 0 Å². The maximum absolute atomic E-state index is 12.6. The molecule has 1 aliphatic heterocycles. The van der Waals surface area contributed by atoms with Crippen molar-refractivity contribution >= 4 is 10.0 Å². The van der Waals surface area contributed by atoms with Crippen LogP contribution in [0.1, 0.15) is 33.1 Å².